The molecule has 0 aliphatic carbocycles. The summed E-state index contributed by atoms with van der Waals surface area (Å²) < 4.78 is 0.909. The van der Waals surface area contributed by atoms with Gasteiger partial charge in [0.05, 0.1) is 5.92 Å². The van der Waals surface area contributed by atoms with Crippen molar-refractivity contribution in [2.45, 2.75) is 26.3 Å². The largest absolute Gasteiger partial charge is 0.352 e. The second kappa shape index (κ2) is 7.27. The molecule has 1 aromatic rings. The fourth-order valence-corrected chi connectivity index (χ4v) is 3.21. The van der Waals surface area contributed by atoms with Gasteiger partial charge < -0.3 is 10.2 Å². The lowest BCUT2D eigenvalue weighted by molar-refractivity contribution is -0.134. The lowest BCUT2D eigenvalue weighted by Crippen LogP contribution is -2.44. The van der Waals surface area contributed by atoms with E-state index in [1.54, 1.807) is 17.9 Å². The Morgan fingerprint density at radius 1 is 1.48 bits per heavy atom. The Kier molecular flexibility index (Phi) is 5.65. The first-order valence-corrected chi connectivity index (χ1v) is 8.11. The zero-order valence-electron chi connectivity index (χ0n) is 11.9. The molecule has 0 spiro atoms. The molecule has 1 fully saturated rings. The Labute approximate surface area is 138 Å². The van der Waals surface area contributed by atoms with Crippen LogP contribution in [0.4, 0.5) is 0 Å². The number of piperidine rings is 1. The van der Waals surface area contributed by atoms with Crippen LogP contribution >= 0.6 is 27.5 Å². The summed E-state index contributed by atoms with van der Waals surface area (Å²) in [6.07, 6.45) is 1.69. The van der Waals surface area contributed by atoms with Crippen LogP contribution in [0.25, 0.3) is 0 Å². The van der Waals surface area contributed by atoms with Crippen LogP contribution in [0.15, 0.2) is 22.7 Å². The number of benzene rings is 1. The lowest BCUT2D eigenvalue weighted by Gasteiger charge is -2.31. The van der Waals surface area contributed by atoms with Crippen LogP contribution in [-0.4, -0.2) is 29.8 Å². The third-order valence-corrected chi connectivity index (χ3v) is 4.55. The van der Waals surface area contributed by atoms with E-state index in [0.29, 0.717) is 18.1 Å². The van der Waals surface area contributed by atoms with E-state index in [1.165, 1.54) is 0 Å². The molecule has 1 atom stereocenters. The molecule has 0 bridgehead atoms. The number of likely N-dealkylation sites (tertiary alicyclic amines) is 1. The minimum atomic E-state index is -0.128. The maximum atomic E-state index is 12.2. The monoisotopic (exact) mass is 372 g/mol. The molecule has 2 amide bonds. The molecular weight excluding hydrogens is 356 g/mol. The second-order valence-electron chi connectivity index (χ2n) is 5.26. The average molecular weight is 374 g/mol. The SMILES string of the molecule is CC(=O)N1CCCC(C(=O)NCc2ccc(Br)cc2Cl)C1. The molecule has 114 valence electrons. The molecule has 1 aliphatic heterocycles. The molecule has 0 radical (unpaired) electrons. The van der Waals surface area contributed by atoms with Crippen LogP contribution in [-0.2, 0) is 16.1 Å². The Morgan fingerprint density at radius 2 is 2.24 bits per heavy atom. The van der Waals surface area contributed by atoms with Gasteiger partial charge in [0.2, 0.25) is 11.8 Å². The predicted molar refractivity (Wildman–Crippen MR) is 86.0 cm³/mol. The van der Waals surface area contributed by atoms with Crippen molar-refractivity contribution in [1.29, 1.82) is 0 Å². The van der Waals surface area contributed by atoms with E-state index in [9.17, 15) is 9.59 Å². The van der Waals surface area contributed by atoms with Gasteiger partial charge in [0.25, 0.3) is 0 Å². The van der Waals surface area contributed by atoms with Crippen LogP contribution in [0.2, 0.25) is 5.02 Å². The van der Waals surface area contributed by atoms with Crippen molar-refractivity contribution in [3.63, 3.8) is 0 Å². The first kappa shape index (κ1) is 16.3. The van der Waals surface area contributed by atoms with E-state index in [2.05, 4.69) is 21.2 Å². The van der Waals surface area contributed by atoms with Crippen LogP contribution < -0.4 is 5.32 Å². The number of carbonyl (C=O) groups is 2. The van der Waals surface area contributed by atoms with Gasteiger partial charge in [-0.05, 0) is 30.5 Å². The quantitative estimate of drug-likeness (QED) is 0.885. The van der Waals surface area contributed by atoms with Crippen molar-refractivity contribution in [2.24, 2.45) is 5.92 Å². The van der Waals surface area contributed by atoms with Crippen molar-refractivity contribution in [3.8, 4) is 0 Å². The molecular formula is C15H18BrClN2O2. The molecule has 1 unspecified atom stereocenters. The van der Waals surface area contributed by atoms with Gasteiger partial charge in [0.1, 0.15) is 0 Å². The molecule has 2 rings (SSSR count). The van der Waals surface area contributed by atoms with Gasteiger partial charge >= 0.3 is 0 Å². The van der Waals surface area contributed by atoms with Crippen LogP contribution in [0, 0.1) is 5.92 Å². The van der Waals surface area contributed by atoms with Gasteiger partial charge in [-0.25, -0.2) is 0 Å². The van der Waals surface area contributed by atoms with Crippen LogP contribution in [0.1, 0.15) is 25.3 Å². The second-order valence-corrected chi connectivity index (χ2v) is 6.58. The fraction of sp³-hybridized carbons (Fsp3) is 0.467. The number of halogens is 2. The highest BCUT2D eigenvalue weighted by Crippen LogP contribution is 2.22. The fourth-order valence-electron chi connectivity index (χ4n) is 2.47. The summed E-state index contributed by atoms with van der Waals surface area (Å²) in [6.45, 7) is 3.20. The summed E-state index contributed by atoms with van der Waals surface area (Å²) in [7, 11) is 0. The minimum absolute atomic E-state index is 0.0139. The molecule has 1 heterocycles. The molecule has 0 saturated carbocycles. The zero-order chi connectivity index (χ0) is 15.4. The minimum Gasteiger partial charge on any atom is -0.352 e. The highest BCUT2D eigenvalue weighted by molar-refractivity contribution is 9.10. The normalized spacial score (nSPS) is 18.4. The lowest BCUT2D eigenvalue weighted by atomic mass is 9.97. The van der Waals surface area contributed by atoms with E-state index in [-0.39, 0.29) is 17.7 Å². The first-order chi connectivity index (χ1) is 9.97. The summed E-state index contributed by atoms with van der Waals surface area (Å²) >= 11 is 9.48. The Balaban J connectivity index is 1.90. The molecule has 1 aromatic carbocycles. The van der Waals surface area contributed by atoms with Crippen LogP contribution in [0.5, 0.6) is 0 Å². The third-order valence-electron chi connectivity index (χ3n) is 3.71. The Bertz CT molecular complexity index is 550. The standard InChI is InChI=1S/C15H18BrClN2O2/c1-10(20)19-6-2-3-12(9-19)15(21)18-8-11-4-5-13(16)7-14(11)17/h4-5,7,12H,2-3,6,8-9H2,1H3,(H,18,21). The van der Waals surface area contributed by atoms with Crippen LogP contribution in [0.3, 0.4) is 0 Å². The number of hydrogen-bond acceptors (Lipinski definition) is 2. The van der Waals surface area contributed by atoms with Crippen molar-refractivity contribution in [1.82, 2.24) is 10.2 Å². The highest BCUT2D eigenvalue weighted by Gasteiger charge is 2.26. The molecule has 0 aromatic heterocycles. The summed E-state index contributed by atoms with van der Waals surface area (Å²) in [5.41, 5.74) is 0.882. The average Bonchev–Trinajstić information content (AvgIpc) is 2.46. The first-order valence-electron chi connectivity index (χ1n) is 6.94. The van der Waals surface area contributed by atoms with Gasteiger partial charge in [-0.2, -0.15) is 0 Å². The topological polar surface area (TPSA) is 49.4 Å². The molecule has 1 aliphatic rings. The Morgan fingerprint density at radius 3 is 2.90 bits per heavy atom. The van der Waals surface area contributed by atoms with Crippen molar-refractivity contribution < 1.29 is 9.59 Å². The Hall–Kier alpha value is -1.07. The molecule has 6 heteroatoms. The van der Waals surface area contributed by atoms with Gasteiger partial charge in [0, 0.05) is 36.1 Å². The maximum Gasteiger partial charge on any atom is 0.225 e. The molecule has 21 heavy (non-hydrogen) atoms. The van der Waals surface area contributed by atoms with E-state index in [1.807, 2.05) is 12.1 Å². The third kappa shape index (κ3) is 4.45. The number of nitrogens with zero attached hydrogens (tertiary/aromatic N) is 1. The van der Waals surface area contributed by atoms with Crippen molar-refractivity contribution >= 4 is 39.3 Å². The summed E-state index contributed by atoms with van der Waals surface area (Å²) in [6, 6.07) is 5.59. The number of carbonyl (C=O) groups excluding carboxylic acids is 2. The molecule has 4 nitrogen and oxygen atoms in total. The van der Waals surface area contributed by atoms with Crippen molar-refractivity contribution in [2.75, 3.05) is 13.1 Å². The van der Waals surface area contributed by atoms with Crippen molar-refractivity contribution in [3.05, 3.63) is 33.3 Å². The summed E-state index contributed by atoms with van der Waals surface area (Å²) in [5.74, 6) is -0.111. The smallest absolute Gasteiger partial charge is 0.225 e. The maximum absolute atomic E-state index is 12.2. The van der Waals surface area contributed by atoms with Gasteiger partial charge in [-0.3, -0.25) is 9.59 Å². The van der Waals surface area contributed by atoms with E-state index < -0.39 is 0 Å². The number of rotatable bonds is 3. The number of hydrogen-bond donors (Lipinski definition) is 1. The predicted octanol–water partition coefficient (Wildman–Crippen LogP) is 2.98. The summed E-state index contributed by atoms with van der Waals surface area (Å²) in [4.78, 5) is 25.3. The van der Waals surface area contributed by atoms with Gasteiger partial charge in [0.15, 0.2) is 0 Å². The van der Waals surface area contributed by atoms with E-state index >= 15 is 0 Å². The van der Waals surface area contributed by atoms with E-state index in [0.717, 1.165) is 29.4 Å². The zero-order valence-corrected chi connectivity index (χ0v) is 14.2. The number of nitrogens with one attached hydrogen (secondary N) is 1. The molecule has 1 saturated heterocycles. The molecule has 1 N–H and O–H groups in total. The highest BCUT2D eigenvalue weighted by atomic mass is 79.9. The number of amides is 2. The summed E-state index contributed by atoms with van der Waals surface area (Å²) in [5, 5.41) is 3.54. The van der Waals surface area contributed by atoms with Gasteiger partial charge in [-0.1, -0.05) is 33.6 Å². The van der Waals surface area contributed by atoms with E-state index in [4.69, 9.17) is 11.6 Å². The van der Waals surface area contributed by atoms with Gasteiger partial charge in [-0.15, -0.1) is 0 Å².